The van der Waals surface area contributed by atoms with E-state index in [1.54, 1.807) is 58.9 Å². The van der Waals surface area contributed by atoms with Crippen molar-refractivity contribution in [2.24, 2.45) is 4.99 Å². The van der Waals surface area contributed by atoms with E-state index in [-0.39, 0.29) is 27.9 Å². The molecule has 7 nitrogen and oxygen atoms in total. The molecule has 0 amide bonds. The second-order valence-corrected chi connectivity index (χ2v) is 10.2. The fourth-order valence-corrected chi connectivity index (χ4v) is 4.97. The van der Waals surface area contributed by atoms with Crippen molar-refractivity contribution in [3.05, 3.63) is 116 Å². The Morgan fingerprint density at radius 1 is 1.17 bits per heavy atom. The molecule has 0 bridgehead atoms. The monoisotopic (exact) mass is 600 g/mol. The molecule has 0 N–H and O–H groups in total. The molecule has 220 valence electrons. The van der Waals surface area contributed by atoms with Crippen molar-refractivity contribution in [1.82, 2.24) is 24.1 Å². The summed E-state index contributed by atoms with van der Waals surface area (Å²) in [6.07, 6.45) is 6.66. The molecule has 4 rings (SSSR count). The van der Waals surface area contributed by atoms with Gasteiger partial charge in [-0.15, -0.1) is 0 Å². The third kappa shape index (κ3) is 6.30. The highest BCUT2D eigenvalue weighted by molar-refractivity contribution is 6.31. The molecule has 0 aliphatic carbocycles. The number of aryl methyl sites for hydroxylation is 3. The maximum atomic E-state index is 15.9. The minimum atomic E-state index is -2.76. The molecule has 3 heterocycles. The summed E-state index contributed by atoms with van der Waals surface area (Å²) in [6.45, 7) is 5.87. The Kier molecular flexibility index (Phi) is 9.30. The third-order valence-electron chi connectivity index (χ3n) is 6.62. The first-order valence-corrected chi connectivity index (χ1v) is 13.4. The minimum absolute atomic E-state index is 0.118. The topological polar surface area (TPSA) is 70.0 Å². The molecule has 0 saturated heterocycles. The van der Waals surface area contributed by atoms with Crippen LogP contribution in [0, 0.1) is 26.6 Å². The number of hydrogen-bond donors (Lipinski definition) is 0. The summed E-state index contributed by atoms with van der Waals surface area (Å²) in [5.74, 6) is -2.04. The molecule has 4 aromatic rings. The van der Waals surface area contributed by atoms with Crippen LogP contribution in [0.5, 0.6) is 0 Å². The van der Waals surface area contributed by atoms with Crippen LogP contribution in [-0.4, -0.2) is 29.8 Å². The van der Waals surface area contributed by atoms with E-state index in [2.05, 4.69) is 15.2 Å². The standard InChI is InChI=1S/C30H29ClF4N6O/c1-6-10-36-28(22-8-7-9-25(27(22)33)41-20(5)12-18(3)38-41)24(32)16-39-19(4)13-23(26(31)29(39)42)17(2)11-21-14-37-40(15-21)30(34)35/h6-10,12-17,30H,11H2,1-5H3/b10-6+,24-16-,36-28+. The van der Waals surface area contributed by atoms with E-state index in [0.29, 0.717) is 39.3 Å². The first-order valence-electron chi connectivity index (χ1n) is 13.0. The van der Waals surface area contributed by atoms with Crippen molar-refractivity contribution < 1.29 is 17.6 Å². The van der Waals surface area contributed by atoms with Crippen molar-refractivity contribution in [3.8, 4) is 5.69 Å². The van der Waals surface area contributed by atoms with Gasteiger partial charge in [-0.3, -0.25) is 14.4 Å². The number of alkyl halides is 2. The van der Waals surface area contributed by atoms with Crippen LogP contribution in [0.15, 0.2) is 70.6 Å². The van der Waals surface area contributed by atoms with Crippen LogP contribution in [0.2, 0.25) is 5.02 Å². The fraction of sp³-hybridized carbons (Fsp3) is 0.267. The van der Waals surface area contributed by atoms with E-state index in [9.17, 15) is 13.6 Å². The van der Waals surface area contributed by atoms with Gasteiger partial charge in [0.2, 0.25) is 0 Å². The first-order chi connectivity index (χ1) is 19.9. The predicted octanol–water partition coefficient (Wildman–Crippen LogP) is 7.48. The van der Waals surface area contributed by atoms with Crippen molar-refractivity contribution in [2.45, 2.75) is 53.5 Å². The molecule has 1 atom stereocenters. The van der Waals surface area contributed by atoms with E-state index in [1.165, 1.54) is 35.4 Å². The quantitative estimate of drug-likeness (QED) is 0.148. The van der Waals surface area contributed by atoms with Crippen LogP contribution in [0.1, 0.15) is 60.1 Å². The van der Waals surface area contributed by atoms with Gasteiger partial charge in [0.15, 0.2) is 11.6 Å². The highest BCUT2D eigenvalue weighted by atomic mass is 35.5. The van der Waals surface area contributed by atoms with Crippen LogP contribution in [0.4, 0.5) is 17.6 Å². The fourth-order valence-electron chi connectivity index (χ4n) is 4.64. The molecule has 0 aliphatic heterocycles. The Labute approximate surface area is 245 Å². The Balaban J connectivity index is 1.73. The van der Waals surface area contributed by atoms with Gasteiger partial charge in [0.25, 0.3) is 5.56 Å². The predicted molar refractivity (Wildman–Crippen MR) is 156 cm³/mol. The van der Waals surface area contributed by atoms with Crippen LogP contribution < -0.4 is 5.56 Å². The smallest absolute Gasteiger partial charge is 0.284 e. The normalized spacial score (nSPS) is 13.5. The highest BCUT2D eigenvalue weighted by Gasteiger charge is 2.22. The third-order valence-corrected chi connectivity index (χ3v) is 7.00. The average Bonchev–Trinajstić information content (AvgIpc) is 3.55. The number of hydrogen-bond acceptors (Lipinski definition) is 4. The summed E-state index contributed by atoms with van der Waals surface area (Å²) in [6, 6.07) is 7.91. The summed E-state index contributed by atoms with van der Waals surface area (Å²) in [5.41, 5.74) is 1.73. The summed E-state index contributed by atoms with van der Waals surface area (Å²) in [5, 5.41) is 7.81. The number of aliphatic imine (C=N–C) groups is 1. The van der Waals surface area contributed by atoms with E-state index in [4.69, 9.17) is 11.6 Å². The number of benzene rings is 1. The molecule has 3 aromatic heterocycles. The van der Waals surface area contributed by atoms with Crippen LogP contribution in [0.25, 0.3) is 11.9 Å². The molecular formula is C30H29ClF4N6O. The second-order valence-electron chi connectivity index (χ2n) is 9.86. The Bertz CT molecular complexity index is 1770. The van der Waals surface area contributed by atoms with E-state index in [0.717, 1.165) is 10.8 Å². The van der Waals surface area contributed by atoms with Gasteiger partial charge in [0.1, 0.15) is 16.4 Å². The molecule has 0 radical (unpaired) electrons. The van der Waals surface area contributed by atoms with E-state index >= 15 is 8.78 Å². The number of halogens is 5. The Morgan fingerprint density at radius 3 is 2.52 bits per heavy atom. The van der Waals surface area contributed by atoms with Gasteiger partial charge in [-0.2, -0.15) is 19.0 Å². The molecular weight excluding hydrogens is 572 g/mol. The summed E-state index contributed by atoms with van der Waals surface area (Å²) >= 11 is 6.44. The zero-order chi connectivity index (χ0) is 30.7. The number of aromatic nitrogens is 5. The van der Waals surface area contributed by atoms with Gasteiger partial charge in [0.05, 0.1) is 18.1 Å². The Hall–Kier alpha value is -4.25. The molecule has 0 saturated carbocycles. The largest absolute Gasteiger partial charge is 0.333 e. The number of allylic oxidation sites excluding steroid dienone is 2. The lowest BCUT2D eigenvalue weighted by Crippen LogP contribution is -2.22. The zero-order valence-corrected chi connectivity index (χ0v) is 24.4. The van der Waals surface area contributed by atoms with Crippen molar-refractivity contribution in [3.63, 3.8) is 0 Å². The number of rotatable bonds is 9. The van der Waals surface area contributed by atoms with Crippen LogP contribution >= 0.6 is 11.6 Å². The van der Waals surface area contributed by atoms with E-state index < -0.39 is 23.8 Å². The maximum absolute atomic E-state index is 15.9. The second kappa shape index (κ2) is 12.7. The van der Waals surface area contributed by atoms with Crippen molar-refractivity contribution in [1.29, 1.82) is 0 Å². The molecule has 0 aliphatic rings. The number of pyridine rings is 1. The Morgan fingerprint density at radius 2 is 1.90 bits per heavy atom. The lowest BCUT2D eigenvalue weighted by Gasteiger charge is -2.16. The van der Waals surface area contributed by atoms with Gasteiger partial charge in [-0.25, -0.2) is 18.1 Å². The van der Waals surface area contributed by atoms with Gasteiger partial charge in [0, 0.05) is 29.3 Å². The lowest BCUT2D eigenvalue weighted by molar-refractivity contribution is 0.0565. The van der Waals surface area contributed by atoms with Gasteiger partial charge in [-0.1, -0.05) is 30.7 Å². The van der Waals surface area contributed by atoms with Gasteiger partial charge in [-0.05, 0) is 75.4 Å². The molecule has 12 heteroatoms. The summed E-state index contributed by atoms with van der Waals surface area (Å²) in [7, 11) is 0. The van der Waals surface area contributed by atoms with Gasteiger partial charge < -0.3 is 0 Å². The summed E-state index contributed by atoms with van der Waals surface area (Å²) < 4.78 is 60.5. The molecule has 0 spiro atoms. The minimum Gasteiger partial charge on any atom is -0.284 e. The number of nitrogens with zero attached hydrogens (tertiary/aromatic N) is 6. The average molecular weight is 601 g/mol. The molecule has 1 aromatic carbocycles. The van der Waals surface area contributed by atoms with Crippen LogP contribution in [-0.2, 0) is 6.42 Å². The van der Waals surface area contributed by atoms with Crippen molar-refractivity contribution in [2.75, 3.05) is 0 Å². The van der Waals surface area contributed by atoms with Crippen LogP contribution in [0.3, 0.4) is 0 Å². The highest BCUT2D eigenvalue weighted by Crippen LogP contribution is 2.28. The molecule has 42 heavy (non-hydrogen) atoms. The van der Waals surface area contributed by atoms with Gasteiger partial charge >= 0.3 is 6.55 Å². The molecule has 0 fully saturated rings. The summed E-state index contributed by atoms with van der Waals surface area (Å²) in [4.78, 5) is 17.4. The van der Waals surface area contributed by atoms with Crippen molar-refractivity contribution >= 4 is 23.5 Å². The van der Waals surface area contributed by atoms with E-state index in [1.807, 2.05) is 0 Å². The zero-order valence-electron chi connectivity index (χ0n) is 23.6. The first kappa shape index (κ1) is 30.7. The molecule has 1 unspecified atom stereocenters. The SMILES string of the molecule is C/C=C/N=C(/C(F)=C/n1c(C)cc(C(C)Cc2cnn(C(F)F)c2)c(Cl)c1=O)c1cccc(-n2nc(C)cc2C)c1F. The lowest BCUT2D eigenvalue weighted by atomic mass is 9.95. The maximum Gasteiger partial charge on any atom is 0.333 e.